The molecule has 0 aliphatic rings. The number of nitrogens with one attached hydrogen (secondary N) is 2. The van der Waals surface area contributed by atoms with E-state index in [2.05, 4.69) is 20.4 Å². The van der Waals surface area contributed by atoms with Crippen molar-refractivity contribution in [3.05, 3.63) is 59.7 Å². The molecular formula is C22H29F2IN4O3. The summed E-state index contributed by atoms with van der Waals surface area (Å²) >= 11 is 0. The SMILES string of the molecule is CCNC(=O)COc1cccc(CNC(=NC)N(C)Cc2ccc(OC(F)F)cc2)c1.I. The first kappa shape index (κ1) is 27.4. The van der Waals surface area contributed by atoms with Crippen LogP contribution in [0.4, 0.5) is 8.78 Å². The third-order valence-electron chi connectivity index (χ3n) is 4.23. The quantitative estimate of drug-likeness (QED) is 0.263. The number of alkyl halides is 2. The van der Waals surface area contributed by atoms with Crippen molar-refractivity contribution in [2.24, 2.45) is 4.99 Å². The molecule has 1 amide bonds. The van der Waals surface area contributed by atoms with Gasteiger partial charge in [-0.25, -0.2) is 0 Å². The molecule has 0 spiro atoms. The van der Waals surface area contributed by atoms with Gasteiger partial charge in [0.05, 0.1) is 0 Å². The van der Waals surface area contributed by atoms with E-state index < -0.39 is 6.61 Å². The van der Waals surface area contributed by atoms with Crippen molar-refractivity contribution in [3.63, 3.8) is 0 Å². The van der Waals surface area contributed by atoms with Crippen molar-refractivity contribution >= 4 is 35.8 Å². The van der Waals surface area contributed by atoms with Crippen LogP contribution < -0.4 is 20.1 Å². The molecule has 0 fully saturated rings. The maximum atomic E-state index is 12.3. The van der Waals surface area contributed by atoms with Gasteiger partial charge in [0.2, 0.25) is 0 Å². The number of guanidine groups is 1. The maximum absolute atomic E-state index is 12.3. The monoisotopic (exact) mass is 562 g/mol. The van der Waals surface area contributed by atoms with E-state index in [0.29, 0.717) is 31.3 Å². The van der Waals surface area contributed by atoms with Crippen LogP contribution in [0.1, 0.15) is 18.1 Å². The summed E-state index contributed by atoms with van der Waals surface area (Å²) in [6.45, 7) is 0.586. The summed E-state index contributed by atoms with van der Waals surface area (Å²) in [7, 11) is 3.56. The number of carbonyl (C=O) groups excluding carboxylic acids is 1. The Balaban J connectivity index is 0.00000512. The first-order valence-corrected chi connectivity index (χ1v) is 9.85. The number of benzene rings is 2. The van der Waals surface area contributed by atoms with Crippen molar-refractivity contribution < 1.29 is 23.0 Å². The highest BCUT2D eigenvalue weighted by molar-refractivity contribution is 14.0. The molecule has 0 atom stereocenters. The highest BCUT2D eigenvalue weighted by atomic mass is 127. The Morgan fingerprint density at radius 3 is 2.44 bits per heavy atom. The molecule has 0 saturated carbocycles. The Morgan fingerprint density at radius 1 is 1.09 bits per heavy atom. The molecule has 0 saturated heterocycles. The highest BCUT2D eigenvalue weighted by Crippen LogP contribution is 2.16. The molecule has 0 unspecified atom stereocenters. The van der Waals surface area contributed by atoms with Gasteiger partial charge in [0.1, 0.15) is 11.5 Å². The molecule has 10 heteroatoms. The van der Waals surface area contributed by atoms with E-state index in [9.17, 15) is 13.6 Å². The number of carbonyl (C=O) groups is 1. The fraction of sp³-hybridized carbons (Fsp3) is 0.364. The summed E-state index contributed by atoms with van der Waals surface area (Å²) in [6, 6.07) is 14.0. The van der Waals surface area contributed by atoms with E-state index in [1.54, 1.807) is 25.2 Å². The van der Waals surface area contributed by atoms with E-state index in [1.807, 2.05) is 37.1 Å². The molecule has 0 aliphatic carbocycles. The number of halogens is 3. The third kappa shape index (κ3) is 9.67. The average molecular weight is 562 g/mol. The Bertz CT molecular complexity index is 867. The van der Waals surface area contributed by atoms with Crippen LogP contribution >= 0.6 is 24.0 Å². The number of ether oxygens (including phenoxy) is 2. The molecule has 176 valence electrons. The van der Waals surface area contributed by atoms with Gasteiger partial charge in [-0.05, 0) is 42.3 Å². The number of amides is 1. The Kier molecular flexibility index (Phi) is 12.4. The molecule has 32 heavy (non-hydrogen) atoms. The molecular weight excluding hydrogens is 533 g/mol. The van der Waals surface area contributed by atoms with E-state index in [4.69, 9.17) is 4.74 Å². The minimum absolute atomic E-state index is 0. The third-order valence-corrected chi connectivity index (χ3v) is 4.23. The van der Waals surface area contributed by atoms with E-state index in [-0.39, 0.29) is 42.2 Å². The highest BCUT2D eigenvalue weighted by Gasteiger charge is 2.09. The van der Waals surface area contributed by atoms with Crippen molar-refractivity contribution in [3.8, 4) is 11.5 Å². The van der Waals surface area contributed by atoms with Crippen LogP contribution in [-0.2, 0) is 17.9 Å². The molecule has 7 nitrogen and oxygen atoms in total. The van der Waals surface area contributed by atoms with Gasteiger partial charge in [-0.2, -0.15) is 8.78 Å². The summed E-state index contributed by atoms with van der Waals surface area (Å²) in [4.78, 5) is 17.7. The standard InChI is InChI=1S/C22H28F2N4O3.HI/c1-4-26-20(29)15-30-19-7-5-6-17(12-19)13-27-22(25-2)28(3)14-16-8-10-18(11-9-16)31-21(23)24;/h5-12,21H,4,13-15H2,1-3H3,(H,25,27)(H,26,29);1H. The van der Waals surface area contributed by atoms with Crippen molar-refractivity contribution in [1.82, 2.24) is 15.5 Å². The average Bonchev–Trinajstić information content (AvgIpc) is 2.74. The molecule has 2 rings (SSSR count). The summed E-state index contributed by atoms with van der Waals surface area (Å²) < 4.78 is 34.4. The number of hydrogen-bond acceptors (Lipinski definition) is 4. The summed E-state index contributed by atoms with van der Waals surface area (Å²) in [6.07, 6.45) is 0. The lowest BCUT2D eigenvalue weighted by molar-refractivity contribution is -0.122. The lowest BCUT2D eigenvalue weighted by atomic mass is 10.2. The summed E-state index contributed by atoms with van der Waals surface area (Å²) in [5.74, 6) is 1.24. The zero-order chi connectivity index (χ0) is 22.6. The second-order valence-corrected chi connectivity index (χ2v) is 6.67. The first-order valence-electron chi connectivity index (χ1n) is 9.85. The Hall–Kier alpha value is -2.63. The zero-order valence-corrected chi connectivity index (χ0v) is 20.6. The molecule has 2 aromatic rings. The number of aliphatic imine (C=N–C) groups is 1. The van der Waals surface area contributed by atoms with Crippen molar-refractivity contribution in [2.75, 3.05) is 27.2 Å². The number of hydrogen-bond donors (Lipinski definition) is 2. The van der Waals surface area contributed by atoms with Gasteiger partial charge in [-0.3, -0.25) is 9.79 Å². The van der Waals surface area contributed by atoms with Crippen LogP contribution in [0.3, 0.4) is 0 Å². The number of likely N-dealkylation sites (N-methyl/N-ethyl adjacent to an activating group) is 1. The molecule has 2 N–H and O–H groups in total. The molecule has 0 radical (unpaired) electrons. The molecule has 2 aromatic carbocycles. The second-order valence-electron chi connectivity index (χ2n) is 6.67. The molecule has 0 aliphatic heterocycles. The fourth-order valence-corrected chi connectivity index (χ4v) is 2.83. The van der Waals surface area contributed by atoms with Gasteiger partial charge in [-0.15, -0.1) is 24.0 Å². The van der Waals surface area contributed by atoms with Gasteiger partial charge in [0, 0.05) is 33.7 Å². The van der Waals surface area contributed by atoms with E-state index in [1.165, 1.54) is 12.1 Å². The van der Waals surface area contributed by atoms with Gasteiger partial charge in [0.25, 0.3) is 5.91 Å². The lowest BCUT2D eigenvalue weighted by Gasteiger charge is -2.22. The van der Waals surface area contributed by atoms with Crippen LogP contribution in [0.25, 0.3) is 0 Å². The van der Waals surface area contributed by atoms with Gasteiger partial charge >= 0.3 is 6.61 Å². The van der Waals surface area contributed by atoms with Crippen LogP contribution in [0, 0.1) is 0 Å². The normalized spacial score (nSPS) is 10.9. The fourth-order valence-electron chi connectivity index (χ4n) is 2.83. The van der Waals surface area contributed by atoms with Crippen LogP contribution in [0.5, 0.6) is 11.5 Å². The largest absolute Gasteiger partial charge is 0.484 e. The minimum atomic E-state index is -2.84. The van der Waals surface area contributed by atoms with Crippen LogP contribution in [-0.4, -0.2) is 50.6 Å². The van der Waals surface area contributed by atoms with Crippen molar-refractivity contribution in [2.45, 2.75) is 26.6 Å². The Morgan fingerprint density at radius 2 is 1.81 bits per heavy atom. The molecule has 0 bridgehead atoms. The second kappa shape index (κ2) is 14.4. The smallest absolute Gasteiger partial charge is 0.387 e. The van der Waals surface area contributed by atoms with Gasteiger partial charge in [0.15, 0.2) is 12.6 Å². The van der Waals surface area contributed by atoms with Crippen LogP contribution in [0.2, 0.25) is 0 Å². The van der Waals surface area contributed by atoms with E-state index in [0.717, 1.165) is 11.1 Å². The van der Waals surface area contributed by atoms with Crippen molar-refractivity contribution in [1.29, 1.82) is 0 Å². The summed E-state index contributed by atoms with van der Waals surface area (Å²) in [5, 5.41) is 5.96. The lowest BCUT2D eigenvalue weighted by Crippen LogP contribution is -2.38. The predicted octanol–water partition coefficient (Wildman–Crippen LogP) is 3.63. The minimum Gasteiger partial charge on any atom is -0.484 e. The summed E-state index contributed by atoms with van der Waals surface area (Å²) in [5.41, 5.74) is 1.89. The maximum Gasteiger partial charge on any atom is 0.387 e. The predicted molar refractivity (Wildman–Crippen MR) is 131 cm³/mol. The number of rotatable bonds is 10. The van der Waals surface area contributed by atoms with Gasteiger partial charge < -0.3 is 25.0 Å². The Labute approximate surface area is 204 Å². The van der Waals surface area contributed by atoms with Crippen LogP contribution in [0.15, 0.2) is 53.5 Å². The first-order chi connectivity index (χ1) is 14.9. The zero-order valence-electron chi connectivity index (χ0n) is 18.3. The van der Waals surface area contributed by atoms with Gasteiger partial charge in [-0.1, -0.05) is 24.3 Å². The number of nitrogens with zero attached hydrogens (tertiary/aromatic N) is 2. The molecule has 0 aromatic heterocycles. The van der Waals surface area contributed by atoms with E-state index >= 15 is 0 Å². The molecule has 0 heterocycles. The topological polar surface area (TPSA) is 75.2 Å².